The molecule has 0 saturated carbocycles. The highest BCUT2D eigenvalue weighted by Crippen LogP contribution is 2.49. The molecule has 0 saturated heterocycles. The zero-order valence-electron chi connectivity index (χ0n) is 20.8. The summed E-state index contributed by atoms with van der Waals surface area (Å²) in [4.78, 5) is 4.19. The molecule has 0 amide bonds. The molecule has 0 heterocycles. The van der Waals surface area contributed by atoms with Crippen LogP contribution >= 0.6 is 0 Å². The summed E-state index contributed by atoms with van der Waals surface area (Å²) in [5.41, 5.74) is 6.57. The number of unbranched alkanes of at least 4 members (excludes halogenated alkanes) is 3. The smallest absolute Gasteiger partial charge is 0.134 e. The molecular weight excluding hydrogens is 394 g/mol. The first-order valence-corrected chi connectivity index (χ1v) is 14.9. The van der Waals surface area contributed by atoms with Crippen molar-refractivity contribution in [2.75, 3.05) is 6.61 Å². The second kappa shape index (κ2) is 9.60. The summed E-state index contributed by atoms with van der Waals surface area (Å²) in [5, 5.41) is 0. The van der Waals surface area contributed by atoms with E-state index in [-0.39, 0.29) is 11.1 Å². The van der Waals surface area contributed by atoms with Crippen molar-refractivity contribution in [2.45, 2.75) is 96.5 Å². The van der Waals surface area contributed by atoms with E-state index in [4.69, 9.17) is 4.74 Å². The van der Waals surface area contributed by atoms with Crippen LogP contribution in [-0.4, -0.2) is 26.0 Å². The Balaban J connectivity index is 1.75. The molecule has 170 valence electrons. The van der Waals surface area contributed by atoms with Gasteiger partial charge in [-0.15, -0.1) is 0 Å². The third kappa shape index (κ3) is 6.31. The summed E-state index contributed by atoms with van der Waals surface area (Å²) >= 11 is 0. The standard InChI is InChI=1S/C28H43NOSi/c1-27(2,3)29-31(7,21-15-9-8-14-20-30-28(4,5)6)26-24-18-12-10-16-22(24)23-17-11-13-19-25(23)26/h10-13,16-19,26,29H,8-9,14-15,20-21H2,1-7H3. The molecule has 1 N–H and O–H groups in total. The Morgan fingerprint density at radius 2 is 1.29 bits per heavy atom. The van der Waals surface area contributed by atoms with Crippen LogP contribution in [-0.2, 0) is 4.74 Å². The Kier molecular flexibility index (Phi) is 7.50. The number of fused-ring (bicyclic) bond motifs is 3. The molecule has 2 nitrogen and oxygen atoms in total. The Labute approximate surface area is 191 Å². The molecule has 3 heteroatoms. The van der Waals surface area contributed by atoms with Crippen LogP contribution < -0.4 is 4.98 Å². The highest BCUT2D eigenvalue weighted by atomic mass is 28.3. The number of benzene rings is 2. The lowest BCUT2D eigenvalue weighted by atomic mass is 10.1. The fourth-order valence-electron chi connectivity index (χ4n) is 5.30. The molecule has 1 atom stereocenters. The molecule has 1 unspecified atom stereocenters. The number of nitrogens with one attached hydrogen (secondary N) is 1. The van der Waals surface area contributed by atoms with Gasteiger partial charge in [0, 0.05) is 17.7 Å². The van der Waals surface area contributed by atoms with Crippen LogP contribution in [0.1, 0.15) is 83.9 Å². The van der Waals surface area contributed by atoms with Gasteiger partial charge >= 0.3 is 0 Å². The summed E-state index contributed by atoms with van der Waals surface area (Å²) in [6.07, 6.45) is 5.01. The van der Waals surface area contributed by atoms with Gasteiger partial charge in [-0.1, -0.05) is 74.3 Å². The summed E-state index contributed by atoms with van der Waals surface area (Å²) in [6, 6.07) is 19.5. The maximum atomic E-state index is 5.90. The van der Waals surface area contributed by atoms with E-state index in [9.17, 15) is 0 Å². The van der Waals surface area contributed by atoms with Crippen LogP contribution in [0, 0.1) is 0 Å². The second-order valence-corrected chi connectivity index (χ2v) is 15.7. The molecule has 0 fully saturated rings. The van der Waals surface area contributed by atoms with Gasteiger partial charge in [-0.05, 0) is 76.3 Å². The predicted octanol–water partition coefficient (Wildman–Crippen LogP) is 7.68. The Hall–Kier alpha value is -1.42. The number of hydrogen-bond acceptors (Lipinski definition) is 2. The topological polar surface area (TPSA) is 21.3 Å². The third-order valence-electron chi connectivity index (χ3n) is 6.26. The fourth-order valence-corrected chi connectivity index (χ4v) is 10.4. The Morgan fingerprint density at radius 3 is 1.81 bits per heavy atom. The van der Waals surface area contributed by atoms with Crippen molar-refractivity contribution in [2.24, 2.45) is 0 Å². The van der Waals surface area contributed by atoms with Crippen molar-refractivity contribution in [3.8, 4) is 11.1 Å². The van der Waals surface area contributed by atoms with Gasteiger partial charge in [-0.25, -0.2) is 0 Å². The molecule has 31 heavy (non-hydrogen) atoms. The molecule has 1 aliphatic rings. The first-order valence-electron chi connectivity index (χ1n) is 12.1. The van der Waals surface area contributed by atoms with Crippen molar-refractivity contribution in [1.29, 1.82) is 0 Å². The minimum Gasteiger partial charge on any atom is -0.376 e. The van der Waals surface area contributed by atoms with Gasteiger partial charge in [0.2, 0.25) is 0 Å². The van der Waals surface area contributed by atoms with Gasteiger partial charge in [-0.3, -0.25) is 0 Å². The van der Waals surface area contributed by atoms with E-state index in [2.05, 4.69) is 102 Å². The molecule has 2 aromatic carbocycles. The van der Waals surface area contributed by atoms with E-state index >= 15 is 0 Å². The van der Waals surface area contributed by atoms with Gasteiger partial charge in [0.25, 0.3) is 0 Å². The first kappa shape index (κ1) is 24.2. The average Bonchev–Trinajstić information content (AvgIpc) is 3.00. The van der Waals surface area contributed by atoms with Crippen molar-refractivity contribution >= 4 is 8.24 Å². The maximum absolute atomic E-state index is 5.90. The quantitative estimate of drug-likeness (QED) is 0.321. The molecule has 1 aliphatic carbocycles. The van der Waals surface area contributed by atoms with E-state index in [0.29, 0.717) is 5.54 Å². The van der Waals surface area contributed by atoms with Crippen LogP contribution in [0.2, 0.25) is 12.6 Å². The van der Waals surface area contributed by atoms with Crippen molar-refractivity contribution in [3.63, 3.8) is 0 Å². The molecule has 0 spiro atoms. The molecule has 3 rings (SSSR count). The molecule has 0 aromatic heterocycles. The molecule has 0 aliphatic heterocycles. The zero-order chi connectivity index (χ0) is 22.7. The summed E-state index contributed by atoms with van der Waals surface area (Å²) in [5.74, 6) is 0. The third-order valence-corrected chi connectivity index (χ3v) is 10.9. The summed E-state index contributed by atoms with van der Waals surface area (Å²) in [7, 11) is -1.83. The predicted molar refractivity (Wildman–Crippen MR) is 137 cm³/mol. The maximum Gasteiger partial charge on any atom is 0.134 e. The number of ether oxygens (including phenoxy) is 1. The van der Waals surface area contributed by atoms with Gasteiger partial charge in [0.15, 0.2) is 0 Å². The van der Waals surface area contributed by atoms with Crippen LogP contribution in [0.25, 0.3) is 11.1 Å². The zero-order valence-corrected chi connectivity index (χ0v) is 21.8. The second-order valence-electron chi connectivity index (χ2n) is 11.5. The van der Waals surface area contributed by atoms with Gasteiger partial charge in [-0.2, -0.15) is 0 Å². The van der Waals surface area contributed by atoms with Crippen LogP contribution in [0.15, 0.2) is 48.5 Å². The summed E-state index contributed by atoms with van der Waals surface area (Å²) in [6.45, 7) is 16.9. The van der Waals surface area contributed by atoms with Gasteiger partial charge < -0.3 is 9.72 Å². The average molecular weight is 438 g/mol. The fraction of sp³-hybridized carbons (Fsp3) is 0.571. The lowest BCUT2D eigenvalue weighted by Crippen LogP contribution is -2.60. The van der Waals surface area contributed by atoms with E-state index in [1.54, 1.807) is 0 Å². The van der Waals surface area contributed by atoms with E-state index in [1.807, 2.05) is 0 Å². The largest absolute Gasteiger partial charge is 0.376 e. The molecule has 2 aromatic rings. The lowest BCUT2D eigenvalue weighted by molar-refractivity contribution is -0.00471. The van der Waals surface area contributed by atoms with Crippen LogP contribution in [0.5, 0.6) is 0 Å². The highest BCUT2D eigenvalue weighted by molar-refractivity contribution is 6.78. The Morgan fingerprint density at radius 1 is 0.774 bits per heavy atom. The van der Waals surface area contributed by atoms with E-state index in [1.165, 1.54) is 47.6 Å². The molecular formula is C28H43NOSi. The van der Waals surface area contributed by atoms with Gasteiger partial charge in [0.05, 0.1) is 5.60 Å². The van der Waals surface area contributed by atoms with Crippen molar-refractivity contribution in [3.05, 3.63) is 59.7 Å². The minimum atomic E-state index is -1.83. The Bertz CT molecular complexity index is 818. The molecule has 0 radical (unpaired) electrons. The lowest BCUT2D eigenvalue weighted by Gasteiger charge is -2.41. The molecule has 0 bridgehead atoms. The van der Waals surface area contributed by atoms with Crippen molar-refractivity contribution in [1.82, 2.24) is 4.98 Å². The van der Waals surface area contributed by atoms with Crippen molar-refractivity contribution < 1.29 is 4.74 Å². The van der Waals surface area contributed by atoms with Crippen LogP contribution in [0.3, 0.4) is 0 Å². The van der Waals surface area contributed by atoms with Crippen LogP contribution in [0.4, 0.5) is 0 Å². The van der Waals surface area contributed by atoms with E-state index in [0.717, 1.165) is 13.0 Å². The normalized spacial score (nSPS) is 16.1. The number of rotatable bonds is 9. The number of hydrogen-bond donors (Lipinski definition) is 1. The van der Waals surface area contributed by atoms with E-state index < -0.39 is 8.24 Å². The monoisotopic (exact) mass is 437 g/mol. The first-order chi connectivity index (χ1) is 14.5. The SMILES string of the molecule is CC(C)(C)N[Si](C)(CCCCCCOC(C)(C)C)C1c2ccccc2-c2ccccc21. The summed E-state index contributed by atoms with van der Waals surface area (Å²) < 4.78 is 5.90. The highest BCUT2D eigenvalue weighted by Gasteiger charge is 2.45. The minimum absolute atomic E-state index is 0.0225. The van der Waals surface area contributed by atoms with Gasteiger partial charge in [0.1, 0.15) is 8.24 Å².